The van der Waals surface area contributed by atoms with Gasteiger partial charge in [0.2, 0.25) is 10.0 Å². The number of hydrogen-bond donors (Lipinski definition) is 0. The van der Waals surface area contributed by atoms with E-state index in [0.717, 1.165) is 48.2 Å². The van der Waals surface area contributed by atoms with E-state index in [0.29, 0.717) is 41.0 Å². The molecule has 0 radical (unpaired) electrons. The van der Waals surface area contributed by atoms with Gasteiger partial charge in [0, 0.05) is 18.5 Å². The van der Waals surface area contributed by atoms with Crippen LogP contribution < -0.4 is 4.74 Å². The molecule has 1 heterocycles. The Morgan fingerprint density at radius 2 is 1.69 bits per heavy atom. The maximum absolute atomic E-state index is 13.8. The number of methoxy groups -OCH3 is 1. The zero-order valence-electron chi connectivity index (χ0n) is 22.9. The van der Waals surface area contributed by atoms with Gasteiger partial charge in [0.05, 0.1) is 34.5 Å². The van der Waals surface area contributed by atoms with E-state index in [1.807, 2.05) is 48.7 Å². The van der Waals surface area contributed by atoms with Crippen LogP contribution >= 0.6 is 11.8 Å². The topological polar surface area (TPSA) is 81.5 Å². The first-order chi connectivity index (χ1) is 18.8. The van der Waals surface area contributed by atoms with Crippen molar-refractivity contribution < 1.29 is 17.9 Å². The van der Waals surface area contributed by atoms with Gasteiger partial charge < -0.3 is 4.74 Å². The molecule has 4 bridgehead atoms. The van der Waals surface area contributed by atoms with Crippen LogP contribution in [0, 0.1) is 23.2 Å². The molecule has 3 aromatic rings. The lowest BCUT2D eigenvalue weighted by Gasteiger charge is -2.56. The summed E-state index contributed by atoms with van der Waals surface area (Å²) in [5, 5.41) is 0.671. The maximum atomic E-state index is 13.8. The Labute approximate surface area is 235 Å². The minimum absolute atomic E-state index is 0.159. The van der Waals surface area contributed by atoms with Gasteiger partial charge in [0.1, 0.15) is 11.5 Å². The Kier molecular flexibility index (Phi) is 7.04. The van der Waals surface area contributed by atoms with Gasteiger partial charge in [-0.15, -0.1) is 0 Å². The number of para-hydroxylation sites is 2. The van der Waals surface area contributed by atoms with Gasteiger partial charge in [-0.3, -0.25) is 9.36 Å². The van der Waals surface area contributed by atoms with Crippen molar-refractivity contribution in [3.05, 3.63) is 42.5 Å². The molecule has 4 aliphatic carbocycles. The fourth-order valence-electron chi connectivity index (χ4n) is 7.79. The smallest absolute Gasteiger partial charge is 0.243 e. The van der Waals surface area contributed by atoms with Crippen molar-refractivity contribution in [2.45, 2.75) is 62.4 Å². The molecule has 4 fully saturated rings. The van der Waals surface area contributed by atoms with E-state index in [1.165, 1.54) is 35.3 Å². The third kappa shape index (κ3) is 4.60. The van der Waals surface area contributed by atoms with E-state index >= 15 is 0 Å². The van der Waals surface area contributed by atoms with Gasteiger partial charge in [0.15, 0.2) is 5.16 Å². The van der Waals surface area contributed by atoms with Crippen molar-refractivity contribution in [1.82, 2.24) is 13.9 Å². The van der Waals surface area contributed by atoms with E-state index in [4.69, 9.17) is 9.72 Å². The second kappa shape index (κ2) is 10.2. The zero-order valence-corrected chi connectivity index (χ0v) is 24.6. The highest BCUT2D eigenvalue weighted by molar-refractivity contribution is 7.99. The van der Waals surface area contributed by atoms with Crippen LogP contribution in [0.1, 0.15) is 52.4 Å². The monoisotopic (exact) mass is 567 g/mol. The molecule has 208 valence electrons. The Bertz CT molecular complexity index is 1470. The summed E-state index contributed by atoms with van der Waals surface area (Å²) >= 11 is 1.46. The van der Waals surface area contributed by atoms with Crippen LogP contribution in [0.15, 0.2) is 52.5 Å². The molecule has 0 spiro atoms. The third-order valence-corrected chi connectivity index (χ3v) is 12.2. The van der Waals surface area contributed by atoms with Crippen molar-refractivity contribution in [2.75, 3.05) is 26.0 Å². The summed E-state index contributed by atoms with van der Waals surface area (Å²) in [6.45, 7) is 4.48. The van der Waals surface area contributed by atoms with E-state index in [1.54, 1.807) is 19.2 Å². The molecule has 39 heavy (non-hydrogen) atoms. The largest absolute Gasteiger partial charge is 0.495 e. The van der Waals surface area contributed by atoms with E-state index in [2.05, 4.69) is 0 Å². The van der Waals surface area contributed by atoms with Crippen molar-refractivity contribution in [3.63, 3.8) is 0 Å². The third-order valence-electron chi connectivity index (χ3n) is 9.23. The molecule has 1 aromatic heterocycles. The van der Waals surface area contributed by atoms with Crippen molar-refractivity contribution in [2.24, 2.45) is 23.2 Å². The molecule has 0 unspecified atom stereocenters. The lowest BCUT2D eigenvalue weighted by atomic mass is 9.48. The first kappa shape index (κ1) is 26.8. The predicted molar refractivity (Wildman–Crippen MR) is 154 cm³/mol. The molecular formula is C30H37N3O4S2. The fourth-order valence-corrected chi connectivity index (χ4v) is 10.3. The van der Waals surface area contributed by atoms with Crippen LogP contribution in [0.5, 0.6) is 5.75 Å². The lowest BCUT2D eigenvalue weighted by Crippen LogP contribution is -2.50. The summed E-state index contributed by atoms with van der Waals surface area (Å²) in [6, 6.07) is 12.8. The second-order valence-corrected chi connectivity index (χ2v) is 14.4. The summed E-state index contributed by atoms with van der Waals surface area (Å²) in [5.74, 6) is 3.56. The number of carbonyl (C=O) groups excluding carboxylic acids is 1. The van der Waals surface area contributed by atoms with Gasteiger partial charge >= 0.3 is 0 Å². The Balaban J connectivity index is 1.37. The lowest BCUT2D eigenvalue weighted by molar-refractivity contribution is -0.141. The number of ketones is 1. The number of Topliss-reactive ketones (excluding diaryl/α,β-unsaturated/α-hetero) is 1. The van der Waals surface area contributed by atoms with E-state index in [9.17, 15) is 13.2 Å². The molecule has 0 amide bonds. The molecule has 4 saturated carbocycles. The zero-order chi connectivity index (χ0) is 27.4. The molecule has 0 N–H and O–H groups in total. The molecule has 0 aliphatic heterocycles. The highest BCUT2D eigenvalue weighted by Crippen LogP contribution is 2.60. The van der Waals surface area contributed by atoms with Crippen LogP contribution in [0.25, 0.3) is 16.7 Å². The van der Waals surface area contributed by atoms with Gasteiger partial charge in [-0.2, -0.15) is 4.31 Å². The molecule has 7 rings (SSSR count). The SMILES string of the molecule is CCN(CC)S(=O)(=O)c1ccc2c(c1)nc(SCC(=O)C13CC4CC(CC(C4)C1)C3)n2-c1ccccc1OC. The van der Waals surface area contributed by atoms with Crippen LogP contribution in [0.4, 0.5) is 0 Å². The first-order valence-corrected chi connectivity index (χ1v) is 16.5. The van der Waals surface area contributed by atoms with Gasteiger partial charge in [-0.25, -0.2) is 13.4 Å². The number of imidazole rings is 1. The summed E-state index contributed by atoms with van der Waals surface area (Å²) in [5.41, 5.74) is 2.02. The molecule has 4 aliphatic rings. The number of fused-ring (bicyclic) bond motifs is 1. The van der Waals surface area contributed by atoms with Crippen LogP contribution in [-0.4, -0.2) is 54.0 Å². The van der Waals surface area contributed by atoms with Gasteiger partial charge in [0.25, 0.3) is 0 Å². The normalized spacial score (nSPS) is 26.0. The highest BCUT2D eigenvalue weighted by atomic mass is 32.2. The number of carbonyl (C=O) groups is 1. The average molecular weight is 568 g/mol. The molecule has 0 atom stereocenters. The van der Waals surface area contributed by atoms with Crippen LogP contribution in [0.2, 0.25) is 0 Å². The molecular weight excluding hydrogens is 530 g/mol. The van der Waals surface area contributed by atoms with E-state index in [-0.39, 0.29) is 10.3 Å². The minimum Gasteiger partial charge on any atom is -0.495 e. The molecule has 0 saturated heterocycles. The number of rotatable bonds is 10. The second-order valence-electron chi connectivity index (χ2n) is 11.6. The molecule has 2 aromatic carbocycles. The summed E-state index contributed by atoms with van der Waals surface area (Å²) in [6.07, 6.45) is 7.07. The van der Waals surface area contributed by atoms with Gasteiger partial charge in [-0.05, 0) is 86.6 Å². The highest BCUT2D eigenvalue weighted by Gasteiger charge is 2.54. The number of hydrogen-bond acceptors (Lipinski definition) is 6. The van der Waals surface area contributed by atoms with Crippen LogP contribution in [-0.2, 0) is 14.8 Å². The standard InChI is InChI=1S/C30H37N3O4S2/c1-4-32(5-2)39(35,36)23-10-11-25-24(15-23)31-29(33(25)26-8-6-7-9-27(26)37-3)38-19-28(34)30-16-20-12-21(17-30)14-22(13-20)18-30/h6-11,15,20-22H,4-5,12-14,16-19H2,1-3H3. The van der Waals surface area contributed by atoms with Gasteiger partial charge in [-0.1, -0.05) is 37.7 Å². The Morgan fingerprint density at radius 3 is 2.31 bits per heavy atom. The number of benzene rings is 2. The maximum Gasteiger partial charge on any atom is 0.243 e. The van der Waals surface area contributed by atoms with Crippen molar-refractivity contribution in [3.8, 4) is 11.4 Å². The number of ether oxygens (including phenoxy) is 1. The van der Waals surface area contributed by atoms with E-state index < -0.39 is 10.0 Å². The number of thioether (sulfide) groups is 1. The average Bonchev–Trinajstić information content (AvgIpc) is 3.29. The minimum atomic E-state index is -3.63. The van der Waals surface area contributed by atoms with Crippen molar-refractivity contribution in [1.29, 1.82) is 0 Å². The predicted octanol–water partition coefficient (Wildman–Crippen LogP) is 5.94. The quantitative estimate of drug-likeness (QED) is 0.282. The summed E-state index contributed by atoms with van der Waals surface area (Å²) in [7, 11) is -1.99. The Morgan fingerprint density at radius 1 is 1.05 bits per heavy atom. The first-order valence-electron chi connectivity index (χ1n) is 14.1. The number of nitrogens with zero attached hydrogens (tertiary/aromatic N) is 3. The fraction of sp³-hybridized carbons (Fsp3) is 0.533. The molecule has 7 nitrogen and oxygen atoms in total. The molecule has 9 heteroatoms. The van der Waals surface area contributed by atoms with Crippen molar-refractivity contribution >= 4 is 38.6 Å². The Hall–Kier alpha value is -2.36. The number of aromatic nitrogens is 2. The summed E-state index contributed by atoms with van der Waals surface area (Å²) in [4.78, 5) is 18.9. The summed E-state index contributed by atoms with van der Waals surface area (Å²) < 4.78 is 35.6. The van der Waals surface area contributed by atoms with Crippen LogP contribution in [0.3, 0.4) is 0 Å². The number of sulfonamides is 1.